The fourth-order valence-electron chi connectivity index (χ4n) is 2.78. The number of rotatable bonds is 6. The lowest BCUT2D eigenvalue weighted by molar-refractivity contribution is -0.384. The Morgan fingerprint density at radius 3 is 2.63 bits per heavy atom. The van der Waals surface area contributed by atoms with Gasteiger partial charge in [-0.15, -0.1) is 5.10 Å². The van der Waals surface area contributed by atoms with E-state index in [1.54, 1.807) is 12.1 Å². The van der Waals surface area contributed by atoms with Gasteiger partial charge in [0.1, 0.15) is 6.20 Å². The second-order valence-corrected chi connectivity index (χ2v) is 5.72. The first-order valence-corrected chi connectivity index (χ1v) is 8.06. The van der Waals surface area contributed by atoms with Gasteiger partial charge in [-0.2, -0.15) is 0 Å². The van der Waals surface area contributed by atoms with Crippen molar-refractivity contribution in [3.8, 4) is 5.69 Å². The topological polar surface area (TPSA) is 131 Å². The first kappa shape index (κ1) is 18.3. The van der Waals surface area contributed by atoms with Crippen LogP contribution in [0.3, 0.4) is 0 Å². The molecule has 27 heavy (non-hydrogen) atoms. The molecule has 1 fully saturated rings. The molecule has 1 aliphatic rings. The standard InChI is InChI=1S/C16H17N5O6/c1-27-15(23)11-2-4-12(5-3-11)20-10-13(21(25)26)14(17-20)19-7-6-18(8-9-22)16(19)24/h2-5,10,22H,6-9H2,1H3. The Balaban J connectivity index is 1.93. The van der Waals surface area contributed by atoms with E-state index in [1.807, 2.05) is 0 Å². The zero-order valence-electron chi connectivity index (χ0n) is 14.4. The van der Waals surface area contributed by atoms with Gasteiger partial charge in [-0.3, -0.25) is 15.0 Å². The molecule has 1 aliphatic heterocycles. The molecule has 1 aromatic heterocycles. The lowest BCUT2D eigenvalue weighted by atomic mass is 10.2. The predicted molar refractivity (Wildman–Crippen MR) is 93.0 cm³/mol. The van der Waals surface area contributed by atoms with Crippen LogP contribution in [-0.2, 0) is 4.74 Å². The molecule has 11 nitrogen and oxygen atoms in total. The van der Waals surface area contributed by atoms with E-state index < -0.39 is 16.9 Å². The van der Waals surface area contributed by atoms with Crippen LogP contribution in [0.25, 0.3) is 5.69 Å². The number of nitrogens with zero attached hydrogens (tertiary/aromatic N) is 5. The number of methoxy groups -OCH3 is 1. The van der Waals surface area contributed by atoms with Crippen molar-refractivity contribution in [2.45, 2.75) is 0 Å². The second-order valence-electron chi connectivity index (χ2n) is 5.72. The smallest absolute Gasteiger partial charge is 0.337 e. The zero-order valence-corrected chi connectivity index (χ0v) is 14.4. The van der Waals surface area contributed by atoms with Gasteiger partial charge in [0.15, 0.2) is 0 Å². The maximum absolute atomic E-state index is 12.4. The van der Waals surface area contributed by atoms with E-state index in [0.29, 0.717) is 17.8 Å². The second kappa shape index (κ2) is 7.41. The maximum atomic E-state index is 12.4. The number of β-amino-alcohol motifs (C(OH)–C–C–N with tert-alkyl or cyclic N) is 1. The highest BCUT2D eigenvalue weighted by Crippen LogP contribution is 2.30. The van der Waals surface area contributed by atoms with Gasteiger partial charge in [0.25, 0.3) is 0 Å². The van der Waals surface area contributed by atoms with Gasteiger partial charge in [0.05, 0.1) is 29.9 Å². The van der Waals surface area contributed by atoms with Gasteiger partial charge in [-0.25, -0.2) is 14.3 Å². The minimum atomic E-state index is -0.608. The molecular formula is C16H17N5O6. The van der Waals surface area contributed by atoms with Crippen LogP contribution < -0.4 is 4.90 Å². The summed E-state index contributed by atoms with van der Waals surface area (Å²) in [6.07, 6.45) is 1.21. The largest absolute Gasteiger partial charge is 0.465 e. The normalized spacial score (nSPS) is 13.9. The van der Waals surface area contributed by atoms with Crippen LogP contribution in [0.4, 0.5) is 16.3 Å². The fraction of sp³-hybridized carbons (Fsp3) is 0.312. The van der Waals surface area contributed by atoms with Crippen LogP contribution >= 0.6 is 0 Å². The van der Waals surface area contributed by atoms with Crippen molar-refractivity contribution in [1.82, 2.24) is 14.7 Å². The summed E-state index contributed by atoms with van der Waals surface area (Å²) in [6.45, 7) is 0.538. The summed E-state index contributed by atoms with van der Waals surface area (Å²) in [5.41, 5.74) is 0.500. The molecule has 11 heteroatoms. The Morgan fingerprint density at radius 2 is 2.04 bits per heavy atom. The van der Waals surface area contributed by atoms with Crippen molar-refractivity contribution < 1.29 is 24.4 Å². The van der Waals surface area contributed by atoms with E-state index in [1.165, 1.54) is 39.9 Å². The Bertz CT molecular complexity index is 878. The number of nitro groups is 1. The van der Waals surface area contributed by atoms with Gasteiger partial charge in [0.2, 0.25) is 5.82 Å². The number of esters is 1. The van der Waals surface area contributed by atoms with Crippen LogP contribution in [0, 0.1) is 10.1 Å². The zero-order chi connectivity index (χ0) is 19.6. The number of amides is 2. The highest BCUT2D eigenvalue weighted by atomic mass is 16.6. The Hall–Kier alpha value is -3.47. The first-order chi connectivity index (χ1) is 13.0. The molecule has 0 radical (unpaired) electrons. The van der Waals surface area contributed by atoms with Crippen molar-refractivity contribution in [3.63, 3.8) is 0 Å². The van der Waals surface area contributed by atoms with Crippen molar-refractivity contribution in [1.29, 1.82) is 0 Å². The highest BCUT2D eigenvalue weighted by molar-refractivity contribution is 5.95. The Labute approximate surface area is 153 Å². The van der Waals surface area contributed by atoms with Crippen LogP contribution in [0.2, 0.25) is 0 Å². The van der Waals surface area contributed by atoms with E-state index in [-0.39, 0.29) is 31.2 Å². The molecule has 1 N–H and O–H groups in total. The summed E-state index contributed by atoms with van der Waals surface area (Å²) in [6, 6.07) is 5.71. The lowest BCUT2D eigenvalue weighted by Crippen LogP contribution is -2.34. The number of hydrogen-bond acceptors (Lipinski definition) is 7. The number of urea groups is 1. The van der Waals surface area contributed by atoms with E-state index in [4.69, 9.17) is 5.11 Å². The molecular weight excluding hydrogens is 358 g/mol. The van der Waals surface area contributed by atoms with Crippen molar-refractivity contribution >= 4 is 23.5 Å². The number of ether oxygens (including phenoxy) is 1. The third-order valence-electron chi connectivity index (χ3n) is 4.15. The summed E-state index contributed by atoms with van der Waals surface area (Å²) < 4.78 is 5.90. The maximum Gasteiger partial charge on any atom is 0.337 e. The number of hydrogen-bond donors (Lipinski definition) is 1. The molecule has 1 saturated heterocycles. The van der Waals surface area contributed by atoms with Crippen LogP contribution in [-0.4, -0.2) is 70.1 Å². The lowest BCUT2D eigenvalue weighted by Gasteiger charge is -2.15. The van der Waals surface area contributed by atoms with E-state index in [2.05, 4.69) is 9.84 Å². The van der Waals surface area contributed by atoms with E-state index in [9.17, 15) is 19.7 Å². The van der Waals surface area contributed by atoms with Gasteiger partial charge in [-0.05, 0) is 24.3 Å². The fourth-order valence-corrected chi connectivity index (χ4v) is 2.78. The summed E-state index contributed by atoms with van der Waals surface area (Å²) in [5.74, 6) is -0.567. The molecule has 0 unspecified atom stereocenters. The van der Waals surface area contributed by atoms with Crippen LogP contribution in [0.15, 0.2) is 30.5 Å². The Morgan fingerprint density at radius 1 is 1.33 bits per heavy atom. The Kier molecular flexibility index (Phi) is 5.03. The quantitative estimate of drug-likeness (QED) is 0.449. The SMILES string of the molecule is COC(=O)c1ccc(-n2cc([N+](=O)[O-])c(N3CCN(CCO)C3=O)n2)cc1. The summed E-state index contributed by atoms with van der Waals surface area (Å²) in [7, 11) is 1.27. The summed E-state index contributed by atoms with van der Waals surface area (Å²) in [4.78, 5) is 37.3. The molecule has 2 amide bonds. The highest BCUT2D eigenvalue weighted by Gasteiger charge is 2.36. The number of aliphatic hydroxyl groups excluding tert-OH is 1. The molecule has 0 spiro atoms. The molecule has 0 bridgehead atoms. The molecule has 3 rings (SSSR count). The van der Waals surface area contributed by atoms with Gasteiger partial charge >= 0.3 is 17.7 Å². The average Bonchev–Trinajstić information content (AvgIpc) is 3.26. The van der Waals surface area contributed by atoms with Crippen molar-refractivity contribution in [2.75, 3.05) is 38.3 Å². The molecule has 0 saturated carbocycles. The molecule has 1 aromatic carbocycles. The number of carbonyl (C=O) groups excluding carboxylic acids is 2. The summed E-state index contributed by atoms with van der Waals surface area (Å²) >= 11 is 0. The van der Waals surface area contributed by atoms with Gasteiger partial charge < -0.3 is 14.7 Å². The van der Waals surface area contributed by atoms with Crippen molar-refractivity contribution in [2.24, 2.45) is 0 Å². The molecule has 0 aliphatic carbocycles. The molecule has 2 aromatic rings. The van der Waals surface area contributed by atoms with Crippen molar-refractivity contribution in [3.05, 3.63) is 46.1 Å². The van der Waals surface area contributed by atoms with E-state index >= 15 is 0 Å². The molecule has 0 atom stereocenters. The minimum Gasteiger partial charge on any atom is -0.465 e. The third-order valence-corrected chi connectivity index (χ3v) is 4.15. The number of carbonyl (C=O) groups is 2. The third kappa shape index (κ3) is 3.44. The van der Waals surface area contributed by atoms with Crippen LogP contribution in [0.5, 0.6) is 0 Å². The number of aromatic nitrogens is 2. The van der Waals surface area contributed by atoms with Crippen LogP contribution in [0.1, 0.15) is 10.4 Å². The average molecular weight is 375 g/mol. The number of anilines is 1. The first-order valence-electron chi connectivity index (χ1n) is 8.06. The van der Waals surface area contributed by atoms with Gasteiger partial charge in [0, 0.05) is 19.6 Å². The summed E-state index contributed by atoms with van der Waals surface area (Å²) in [5, 5.41) is 24.6. The monoisotopic (exact) mass is 375 g/mol. The minimum absolute atomic E-state index is 0.0671. The predicted octanol–water partition coefficient (Wildman–Crippen LogP) is 0.801. The number of benzene rings is 1. The van der Waals surface area contributed by atoms with E-state index in [0.717, 1.165) is 0 Å². The molecule has 142 valence electrons. The number of aliphatic hydroxyl groups is 1. The molecule has 2 heterocycles. The van der Waals surface area contributed by atoms with Gasteiger partial charge in [-0.1, -0.05) is 0 Å².